The molecule has 3 heterocycles. The van der Waals surface area contributed by atoms with Crippen molar-refractivity contribution in [1.82, 2.24) is 20.0 Å². The van der Waals surface area contributed by atoms with Gasteiger partial charge in [0.2, 0.25) is 10.0 Å². The van der Waals surface area contributed by atoms with Crippen LogP contribution in [0.3, 0.4) is 0 Å². The molecule has 2 atom stereocenters. The predicted molar refractivity (Wildman–Crippen MR) is 147 cm³/mol. The lowest BCUT2D eigenvalue weighted by molar-refractivity contribution is 0.407. The molecule has 0 bridgehead atoms. The lowest BCUT2D eigenvalue weighted by Gasteiger charge is -2.37. The second-order valence-electron chi connectivity index (χ2n) is 9.11. The van der Waals surface area contributed by atoms with E-state index in [2.05, 4.69) is 33.8 Å². The number of rotatable bonds is 6. The number of benzene rings is 2. The van der Waals surface area contributed by atoms with Gasteiger partial charge in [-0.15, -0.1) is 12.4 Å². The number of hydrogen-bond donors (Lipinski definition) is 2. The van der Waals surface area contributed by atoms with Crippen LogP contribution in [0, 0.1) is 0 Å². The summed E-state index contributed by atoms with van der Waals surface area (Å²) in [5, 5.41) is 3.56. The normalized spacial score (nSPS) is 18.1. The third-order valence-corrected chi connectivity index (χ3v) is 7.61. The molecule has 1 saturated heterocycles. The van der Waals surface area contributed by atoms with E-state index in [-0.39, 0.29) is 23.8 Å². The van der Waals surface area contributed by atoms with E-state index in [1.54, 1.807) is 18.2 Å². The first-order valence-electron chi connectivity index (χ1n) is 11.8. The van der Waals surface area contributed by atoms with Crippen LogP contribution in [0.4, 0.5) is 5.69 Å². The third-order valence-electron chi connectivity index (χ3n) is 6.21. The largest absolute Gasteiger partial charge is 0.367 e. The number of piperazine rings is 1. The Hall–Kier alpha value is -3.04. The zero-order chi connectivity index (χ0) is 24.4. The van der Waals surface area contributed by atoms with Crippen LogP contribution in [-0.4, -0.2) is 43.6 Å². The summed E-state index contributed by atoms with van der Waals surface area (Å²) >= 11 is 0. The van der Waals surface area contributed by atoms with E-state index >= 15 is 0 Å². The summed E-state index contributed by atoms with van der Waals surface area (Å²) < 4.78 is 28.6. The molecule has 9 heteroatoms. The maximum absolute atomic E-state index is 13.0. The smallest absolute Gasteiger partial charge is 0.240 e. The highest BCUT2D eigenvalue weighted by Crippen LogP contribution is 2.29. The average molecular weight is 524 g/mol. The van der Waals surface area contributed by atoms with Gasteiger partial charge < -0.3 is 10.2 Å². The van der Waals surface area contributed by atoms with Crippen molar-refractivity contribution in [1.29, 1.82) is 0 Å². The first kappa shape index (κ1) is 26.0. The highest BCUT2D eigenvalue weighted by molar-refractivity contribution is 7.89. The zero-order valence-corrected chi connectivity index (χ0v) is 21.9. The number of nitrogens with zero attached hydrogens (tertiary/aromatic N) is 3. The highest BCUT2D eigenvalue weighted by Gasteiger charge is 2.23. The highest BCUT2D eigenvalue weighted by atomic mass is 35.5. The van der Waals surface area contributed by atoms with Crippen LogP contribution >= 0.6 is 12.4 Å². The molecule has 2 N–H and O–H groups in total. The van der Waals surface area contributed by atoms with Gasteiger partial charge in [-0.2, -0.15) is 0 Å². The van der Waals surface area contributed by atoms with E-state index in [0.717, 1.165) is 40.9 Å². The number of sulfonamides is 1. The number of fused-ring (bicyclic) bond motifs is 1. The van der Waals surface area contributed by atoms with Crippen LogP contribution in [0.15, 0.2) is 83.9 Å². The Kier molecular flexibility index (Phi) is 7.90. The lowest BCUT2D eigenvalue weighted by atomic mass is 10.1. The molecule has 0 aliphatic carbocycles. The minimum Gasteiger partial charge on any atom is -0.367 e. The van der Waals surface area contributed by atoms with Gasteiger partial charge in [0.25, 0.3) is 0 Å². The topological polar surface area (TPSA) is 87.2 Å². The lowest BCUT2D eigenvalue weighted by Crippen LogP contribution is -2.54. The molecular weight excluding hydrogens is 494 g/mol. The van der Waals surface area contributed by atoms with Crippen molar-refractivity contribution in [3.63, 3.8) is 0 Å². The van der Waals surface area contributed by atoms with Gasteiger partial charge in [-0.05, 0) is 49.7 Å². The molecule has 1 aliphatic heterocycles. The second-order valence-corrected chi connectivity index (χ2v) is 10.9. The number of pyridine rings is 2. The molecule has 2 aromatic carbocycles. The van der Waals surface area contributed by atoms with Crippen molar-refractivity contribution < 1.29 is 8.42 Å². The molecule has 4 aromatic rings. The van der Waals surface area contributed by atoms with Crippen LogP contribution in [0.25, 0.3) is 22.3 Å². The molecule has 2 aromatic heterocycles. The minimum absolute atomic E-state index is 0. The van der Waals surface area contributed by atoms with Crippen molar-refractivity contribution in [2.45, 2.75) is 37.4 Å². The molecule has 7 nitrogen and oxygen atoms in total. The van der Waals surface area contributed by atoms with Gasteiger partial charge in [-0.3, -0.25) is 4.98 Å². The Bertz CT molecular complexity index is 1440. The molecule has 36 heavy (non-hydrogen) atoms. The summed E-state index contributed by atoms with van der Waals surface area (Å²) in [6.45, 7) is 6.37. The minimum atomic E-state index is -3.67. The number of halogens is 1. The summed E-state index contributed by atoms with van der Waals surface area (Å²) in [6, 6.07) is 23.0. The van der Waals surface area contributed by atoms with Gasteiger partial charge in [0.15, 0.2) is 0 Å². The van der Waals surface area contributed by atoms with Crippen molar-refractivity contribution >= 4 is 39.2 Å². The molecule has 0 saturated carbocycles. The molecule has 188 valence electrons. The fraction of sp³-hybridized carbons (Fsp3) is 0.259. The molecular formula is C27H30ClN5O2S. The molecule has 0 radical (unpaired) electrons. The number of nitrogens with one attached hydrogen (secondary N) is 2. The fourth-order valence-electron chi connectivity index (χ4n) is 4.63. The molecule has 5 rings (SSSR count). The Morgan fingerprint density at radius 1 is 0.972 bits per heavy atom. The summed E-state index contributed by atoms with van der Waals surface area (Å²) in [5.74, 6) is 0. The number of anilines is 1. The van der Waals surface area contributed by atoms with E-state index in [1.165, 1.54) is 0 Å². The Morgan fingerprint density at radius 3 is 2.47 bits per heavy atom. The van der Waals surface area contributed by atoms with Crippen molar-refractivity contribution in [3.05, 3.63) is 84.6 Å². The van der Waals surface area contributed by atoms with E-state index < -0.39 is 10.0 Å². The zero-order valence-electron chi connectivity index (χ0n) is 20.3. The molecule has 0 unspecified atom stereocenters. The Labute approximate surface area is 218 Å². The van der Waals surface area contributed by atoms with Crippen LogP contribution in [0.1, 0.15) is 19.4 Å². The standard InChI is InChI=1S/C27H29N5O2S.ClH/c1-19-17-32(18-20(2)30-19)26-13-14-28-25-12-11-24(31-27(25)26)22-9-6-10-23(15-22)35(33,34)29-16-21-7-4-3-5-8-21;/h3-15,19-20,29-30H,16-18H2,1-2H3;1H/t19-,20+;. The monoisotopic (exact) mass is 523 g/mol. The van der Waals surface area contributed by atoms with Crippen LogP contribution < -0.4 is 14.9 Å². The SMILES string of the molecule is C[C@@H]1CN(c2ccnc3ccc(-c4cccc(S(=O)(=O)NCc5ccccc5)c4)nc23)C[C@H](C)N1.Cl. The number of hydrogen-bond acceptors (Lipinski definition) is 6. The molecule has 1 fully saturated rings. The molecule has 0 amide bonds. The second kappa shape index (κ2) is 10.9. The van der Waals surface area contributed by atoms with Gasteiger partial charge in [-0.1, -0.05) is 42.5 Å². The maximum atomic E-state index is 13.0. The van der Waals surface area contributed by atoms with E-state index in [0.29, 0.717) is 17.8 Å². The van der Waals surface area contributed by atoms with Crippen molar-refractivity contribution in [2.75, 3.05) is 18.0 Å². The fourth-order valence-corrected chi connectivity index (χ4v) is 5.69. The van der Waals surface area contributed by atoms with Crippen LogP contribution in [0.2, 0.25) is 0 Å². The van der Waals surface area contributed by atoms with E-state index in [1.807, 2.05) is 60.8 Å². The summed E-state index contributed by atoms with van der Waals surface area (Å²) in [7, 11) is -3.67. The third kappa shape index (κ3) is 5.68. The van der Waals surface area contributed by atoms with E-state index in [4.69, 9.17) is 4.98 Å². The van der Waals surface area contributed by atoms with Crippen LogP contribution in [-0.2, 0) is 16.6 Å². The predicted octanol–water partition coefficient (Wildman–Crippen LogP) is 4.38. The van der Waals surface area contributed by atoms with E-state index in [9.17, 15) is 8.42 Å². The van der Waals surface area contributed by atoms with Gasteiger partial charge >= 0.3 is 0 Å². The van der Waals surface area contributed by atoms with Gasteiger partial charge in [0.05, 0.1) is 21.8 Å². The number of aromatic nitrogens is 2. The quantitative estimate of drug-likeness (QED) is 0.390. The Balaban J connectivity index is 0.00000304. The Morgan fingerprint density at radius 2 is 1.72 bits per heavy atom. The first-order valence-corrected chi connectivity index (χ1v) is 13.3. The molecule has 1 aliphatic rings. The van der Waals surface area contributed by atoms with Crippen molar-refractivity contribution in [3.8, 4) is 11.3 Å². The average Bonchev–Trinajstić information content (AvgIpc) is 2.87. The summed E-state index contributed by atoms with van der Waals surface area (Å²) in [4.78, 5) is 12.0. The van der Waals surface area contributed by atoms with Crippen LogP contribution in [0.5, 0.6) is 0 Å². The van der Waals surface area contributed by atoms with Gasteiger partial charge in [-0.25, -0.2) is 18.1 Å². The first-order chi connectivity index (χ1) is 16.9. The summed E-state index contributed by atoms with van der Waals surface area (Å²) in [6.07, 6.45) is 1.82. The van der Waals surface area contributed by atoms with Gasteiger partial charge in [0.1, 0.15) is 5.52 Å². The van der Waals surface area contributed by atoms with Gasteiger partial charge in [0, 0.05) is 43.5 Å². The summed E-state index contributed by atoms with van der Waals surface area (Å²) in [5.41, 5.74) is 5.04. The molecule has 0 spiro atoms. The van der Waals surface area contributed by atoms with Crippen molar-refractivity contribution in [2.24, 2.45) is 0 Å². The maximum Gasteiger partial charge on any atom is 0.240 e.